The molecule has 0 radical (unpaired) electrons. The number of hydrogen-bond donors (Lipinski definition) is 1. The minimum absolute atomic E-state index is 0.0266. The van der Waals surface area contributed by atoms with Crippen molar-refractivity contribution in [2.75, 3.05) is 13.2 Å². The second-order valence-electron chi connectivity index (χ2n) is 10.1. The number of halogens is 1. The fourth-order valence-electron chi connectivity index (χ4n) is 5.55. The van der Waals surface area contributed by atoms with Gasteiger partial charge in [-0.1, -0.05) is 36.8 Å². The van der Waals surface area contributed by atoms with Crippen LogP contribution in [-0.2, 0) is 23.7 Å². The lowest BCUT2D eigenvalue weighted by atomic mass is 9.90. The van der Waals surface area contributed by atoms with Crippen LogP contribution in [-0.4, -0.2) is 55.5 Å². The van der Waals surface area contributed by atoms with Gasteiger partial charge in [0.05, 0.1) is 18.3 Å². The van der Waals surface area contributed by atoms with Gasteiger partial charge in [0.2, 0.25) is 0 Å². The predicted molar refractivity (Wildman–Crippen MR) is 127 cm³/mol. The Bertz CT molecular complexity index is 653. The fraction of sp³-hybridized carbons (Fsp3) is 0.846. The minimum atomic E-state index is -0.679. The third kappa shape index (κ3) is 7.26. The van der Waals surface area contributed by atoms with Gasteiger partial charge in [0.1, 0.15) is 0 Å². The van der Waals surface area contributed by atoms with E-state index >= 15 is 0 Å². The number of ether oxygens (including phenoxy) is 5. The molecule has 0 bridgehead atoms. The van der Waals surface area contributed by atoms with Gasteiger partial charge < -0.3 is 28.8 Å². The van der Waals surface area contributed by atoms with Crippen molar-refractivity contribution >= 4 is 11.6 Å². The first kappa shape index (κ1) is 25.6. The first-order valence-electron chi connectivity index (χ1n) is 12.9. The third-order valence-electron chi connectivity index (χ3n) is 7.44. The van der Waals surface area contributed by atoms with Crippen molar-refractivity contribution in [3.8, 4) is 0 Å². The Labute approximate surface area is 203 Å². The lowest BCUT2D eigenvalue weighted by molar-refractivity contribution is -0.196. The molecule has 1 aliphatic carbocycles. The summed E-state index contributed by atoms with van der Waals surface area (Å²) in [5.41, 5.74) is 0. The van der Waals surface area contributed by atoms with Crippen molar-refractivity contribution in [3.05, 3.63) is 23.3 Å². The van der Waals surface area contributed by atoms with Gasteiger partial charge in [0.15, 0.2) is 18.9 Å². The maximum absolute atomic E-state index is 10.1. The van der Waals surface area contributed by atoms with Crippen LogP contribution >= 0.6 is 11.6 Å². The summed E-state index contributed by atoms with van der Waals surface area (Å²) in [6.07, 6.45) is 14.1. The number of fused-ring (bicyclic) bond motifs is 1. The second-order valence-corrected chi connectivity index (χ2v) is 10.7. The highest BCUT2D eigenvalue weighted by molar-refractivity contribution is 6.29. The molecule has 33 heavy (non-hydrogen) atoms. The number of aliphatic hydroxyl groups excluding tert-OH is 1. The minimum Gasteiger partial charge on any atom is -0.368 e. The maximum Gasteiger partial charge on any atom is 0.158 e. The van der Waals surface area contributed by atoms with Crippen molar-refractivity contribution in [2.24, 2.45) is 17.8 Å². The molecule has 0 aromatic rings. The highest BCUT2D eigenvalue weighted by Gasteiger charge is 2.49. The van der Waals surface area contributed by atoms with Crippen LogP contribution in [0.3, 0.4) is 0 Å². The average molecular weight is 485 g/mol. The zero-order valence-electron chi connectivity index (χ0n) is 20.1. The number of allylic oxidation sites excluding steroid dienone is 2. The predicted octanol–water partition coefficient (Wildman–Crippen LogP) is 5.28. The van der Waals surface area contributed by atoms with Gasteiger partial charge in [0, 0.05) is 37.0 Å². The molecule has 4 rings (SSSR count). The van der Waals surface area contributed by atoms with Crippen LogP contribution in [0.25, 0.3) is 0 Å². The molecule has 4 unspecified atom stereocenters. The van der Waals surface area contributed by atoms with Gasteiger partial charge in [-0.3, -0.25) is 0 Å². The van der Waals surface area contributed by atoms with Crippen molar-refractivity contribution < 1.29 is 28.8 Å². The van der Waals surface area contributed by atoms with Gasteiger partial charge in [-0.25, -0.2) is 0 Å². The summed E-state index contributed by atoms with van der Waals surface area (Å²) in [4.78, 5) is 0. The fourth-order valence-corrected chi connectivity index (χ4v) is 5.64. The summed E-state index contributed by atoms with van der Waals surface area (Å²) in [5, 5.41) is 10.9. The summed E-state index contributed by atoms with van der Waals surface area (Å²) in [6, 6.07) is 0. The van der Waals surface area contributed by atoms with Crippen molar-refractivity contribution in [1.29, 1.82) is 0 Å². The van der Waals surface area contributed by atoms with E-state index in [0.29, 0.717) is 6.42 Å². The summed E-state index contributed by atoms with van der Waals surface area (Å²) in [6.45, 7) is 5.62. The molecule has 7 heteroatoms. The van der Waals surface area contributed by atoms with Crippen molar-refractivity contribution in [1.82, 2.24) is 0 Å². The van der Waals surface area contributed by atoms with E-state index in [2.05, 4.69) is 25.2 Å². The zero-order chi connectivity index (χ0) is 23.2. The van der Waals surface area contributed by atoms with E-state index in [1.165, 1.54) is 0 Å². The van der Waals surface area contributed by atoms with E-state index in [4.69, 9.17) is 35.3 Å². The smallest absolute Gasteiger partial charge is 0.158 e. The molecule has 9 atom stereocenters. The van der Waals surface area contributed by atoms with E-state index in [9.17, 15) is 5.11 Å². The molecule has 188 valence electrons. The van der Waals surface area contributed by atoms with E-state index < -0.39 is 6.29 Å². The standard InChI is InChI=1S/C26H41ClO6/c1-17(9-10-18(2)27)21(32-25-7-3-5-13-29-25)12-11-19-20-15-24(28)31-23(20)16-22(19)33-26-8-4-6-14-30-26/h10-12,17,19-26,28H,3-9,13-16H2,1-2H3/b12-11+,18-10-/t17?,19-,20-,21-,22-,23+,24?,25?,26?/m1/s1. The normalized spacial score (nSPS) is 39.6. The number of hydrogen-bond acceptors (Lipinski definition) is 6. The lowest BCUT2D eigenvalue weighted by Crippen LogP contribution is -2.32. The van der Waals surface area contributed by atoms with Gasteiger partial charge in [0.25, 0.3) is 0 Å². The first-order chi connectivity index (χ1) is 16.0. The molecule has 3 heterocycles. The molecule has 6 nitrogen and oxygen atoms in total. The molecular weight excluding hydrogens is 444 g/mol. The zero-order valence-corrected chi connectivity index (χ0v) is 20.8. The Balaban J connectivity index is 1.46. The van der Waals surface area contributed by atoms with Crippen molar-refractivity contribution in [3.63, 3.8) is 0 Å². The summed E-state index contributed by atoms with van der Waals surface area (Å²) in [7, 11) is 0. The van der Waals surface area contributed by atoms with Gasteiger partial charge in [-0.2, -0.15) is 0 Å². The highest BCUT2D eigenvalue weighted by atomic mass is 35.5. The van der Waals surface area contributed by atoms with Crippen LogP contribution in [0.1, 0.15) is 71.6 Å². The van der Waals surface area contributed by atoms with Crippen LogP contribution in [0.15, 0.2) is 23.3 Å². The molecule has 0 spiro atoms. The Kier molecular flexibility index (Phi) is 9.69. The topological polar surface area (TPSA) is 66.4 Å². The molecule has 0 amide bonds. The van der Waals surface area contributed by atoms with Crippen LogP contribution in [0.5, 0.6) is 0 Å². The molecular formula is C26H41ClO6. The molecule has 0 aromatic carbocycles. The number of rotatable bonds is 9. The van der Waals surface area contributed by atoms with Crippen LogP contribution in [0.2, 0.25) is 0 Å². The SMILES string of the molecule is C/C(Cl)=C/CC(C)[C@@H](/C=C/[C@@H]1[C@H]2CC(O)O[C@H]2C[C@H]1OC1CCCCO1)OC1CCCCO1. The lowest BCUT2D eigenvalue weighted by Gasteiger charge is -2.31. The van der Waals surface area contributed by atoms with Gasteiger partial charge in [-0.15, -0.1) is 0 Å². The monoisotopic (exact) mass is 484 g/mol. The Morgan fingerprint density at radius 2 is 1.82 bits per heavy atom. The van der Waals surface area contributed by atoms with E-state index in [-0.39, 0.29) is 48.6 Å². The molecule has 3 aliphatic heterocycles. The summed E-state index contributed by atoms with van der Waals surface area (Å²) in [5.74, 6) is 0.661. The quantitative estimate of drug-likeness (QED) is 0.449. The van der Waals surface area contributed by atoms with Crippen molar-refractivity contribution in [2.45, 2.75) is 109 Å². The average Bonchev–Trinajstić information content (AvgIpc) is 3.31. The Morgan fingerprint density at radius 3 is 2.48 bits per heavy atom. The van der Waals surface area contributed by atoms with Gasteiger partial charge in [-0.05, 0) is 63.7 Å². The molecule has 4 aliphatic rings. The van der Waals surface area contributed by atoms with E-state index in [1.807, 2.05) is 6.92 Å². The number of aliphatic hydroxyl groups is 1. The third-order valence-corrected chi connectivity index (χ3v) is 7.59. The van der Waals surface area contributed by atoms with Crippen LogP contribution in [0, 0.1) is 17.8 Å². The molecule has 1 N–H and O–H groups in total. The molecule has 1 saturated carbocycles. The van der Waals surface area contributed by atoms with Gasteiger partial charge >= 0.3 is 0 Å². The van der Waals surface area contributed by atoms with E-state index in [1.54, 1.807) is 0 Å². The van der Waals surface area contributed by atoms with Crippen LogP contribution in [0.4, 0.5) is 0 Å². The molecule has 3 saturated heterocycles. The van der Waals surface area contributed by atoms with E-state index in [0.717, 1.165) is 69.6 Å². The molecule has 4 fully saturated rings. The Morgan fingerprint density at radius 1 is 1.09 bits per heavy atom. The Hall–Kier alpha value is -0.470. The first-order valence-corrected chi connectivity index (χ1v) is 13.3. The maximum atomic E-state index is 10.1. The molecule has 0 aromatic heterocycles. The summed E-state index contributed by atoms with van der Waals surface area (Å²) >= 11 is 6.10. The highest BCUT2D eigenvalue weighted by Crippen LogP contribution is 2.45. The van der Waals surface area contributed by atoms with Crippen LogP contribution < -0.4 is 0 Å². The summed E-state index contributed by atoms with van der Waals surface area (Å²) < 4.78 is 30.4. The second kappa shape index (κ2) is 12.5. The largest absolute Gasteiger partial charge is 0.368 e.